The number of ketones is 1. The smallest absolute Gasteiger partial charge is 0.319 e. The summed E-state index contributed by atoms with van der Waals surface area (Å²) in [4.78, 5) is 31.0. The van der Waals surface area contributed by atoms with Gasteiger partial charge in [0, 0.05) is 36.9 Å². The average Bonchev–Trinajstić information content (AvgIpc) is 2.90. The second kappa shape index (κ2) is 12.1. The van der Waals surface area contributed by atoms with E-state index in [-0.39, 0.29) is 17.5 Å². The molecule has 4 N–H and O–H groups in total. The van der Waals surface area contributed by atoms with Gasteiger partial charge in [0.05, 0.1) is 30.6 Å². The summed E-state index contributed by atoms with van der Waals surface area (Å²) >= 11 is 6.36. The first-order valence-electron chi connectivity index (χ1n) is 12.0. The third-order valence-electron chi connectivity index (χ3n) is 5.89. The van der Waals surface area contributed by atoms with Gasteiger partial charge in [-0.2, -0.15) is 0 Å². The van der Waals surface area contributed by atoms with E-state index >= 15 is 0 Å². The second-order valence-electron chi connectivity index (χ2n) is 8.80. The molecule has 0 bridgehead atoms. The summed E-state index contributed by atoms with van der Waals surface area (Å²) in [5, 5.41) is 6.49. The molecule has 1 atom stereocenters. The minimum absolute atomic E-state index is 0.254. The Balaban J connectivity index is 1.35. The lowest BCUT2D eigenvalue weighted by atomic mass is 10.1. The highest BCUT2D eigenvalue weighted by molar-refractivity contribution is 6.31. The van der Waals surface area contributed by atoms with Crippen LogP contribution >= 0.6 is 11.6 Å². The zero-order chi connectivity index (χ0) is 26.4. The van der Waals surface area contributed by atoms with Gasteiger partial charge in [-0.15, -0.1) is 0 Å². The number of nitrogens with two attached hydrogens (primary N) is 1. The van der Waals surface area contributed by atoms with E-state index in [0.29, 0.717) is 42.0 Å². The molecule has 1 aliphatic rings. The van der Waals surface area contributed by atoms with Crippen molar-refractivity contribution in [1.82, 2.24) is 10.3 Å². The number of rotatable bonds is 8. The normalized spacial score (nSPS) is 14.1. The number of nitrogens with zero attached hydrogens (tertiary/aromatic N) is 2. The van der Waals surface area contributed by atoms with Gasteiger partial charge in [-0.1, -0.05) is 23.7 Å². The first-order valence-corrected chi connectivity index (χ1v) is 12.4. The van der Waals surface area contributed by atoms with E-state index in [9.17, 15) is 9.59 Å². The molecule has 37 heavy (non-hydrogen) atoms. The van der Waals surface area contributed by atoms with Crippen LogP contribution in [-0.2, 0) is 11.3 Å². The highest BCUT2D eigenvalue weighted by Gasteiger charge is 2.18. The minimum atomic E-state index is -0.638. The molecule has 2 aromatic carbocycles. The Kier molecular flexibility index (Phi) is 8.60. The van der Waals surface area contributed by atoms with Gasteiger partial charge in [0.2, 0.25) is 0 Å². The van der Waals surface area contributed by atoms with Crippen LogP contribution < -0.4 is 26.0 Å². The third-order valence-corrected chi connectivity index (χ3v) is 6.29. The average molecular weight is 524 g/mol. The number of ether oxygens (including phenoxy) is 2. The number of aromatic nitrogens is 1. The van der Waals surface area contributed by atoms with Crippen molar-refractivity contribution >= 4 is 34.8 Å². The summed E-state index contributed by atoms with van der Waals surface area (Å²) in [6.45, 7) is 6.56. The van der Waals surface area contributed by atoms with Gasteiger partial charge in [-0.25, -0.2) is 4.79 Å². The van der Waals surface area contributed by atoms with E-state index < -0.39 is 6.04 Å². The fourth-order valence-corrected chi connectivity index (χ4v) is 4.00. The number of Topliss-reactive ketones (excluding diaryl/α,β-unsaturated/α-hetero) is 1. The molecule has 0 spiro atoms. The molecule has 9 nitrogen and oxygen atoms in total. The van der Waals surface area contributed by atoms with E-state index in [1.807, 2.05) is 31.2 Å². The third kappa shape index (κ3) is 6.97. The Bertz CT molecular complexity index is 1260. The number of amides is 2. The molecular formula is C27H30ClN5O4. The number of halogens is 1. The Morgan fingerprint density at radius 3 is 2.57 bits per heavy atom. The van der Waals surface area contributed by atoms with Crippen molar-refractivity contribution in [1.29, 1.82) is 0 Å². The zero-order valence-electron chi connectivity index (χ0n) is 20.8. The molecular weight excluding hydrogens is 494 g/mol. The lowest BCUT2D eigenvalue weighted by molar-refractivity contribution is 0.0962. The second-order valence-corrected chi connectivity index (χ2v) is 9.21. The van der Waals surface area contributed by atoms with Crippen molar-refractivity contribution in [3.63, 3.8) is 0 Å². The lowest BCUT2D eigenvalue weighted by Crippen LogP contribution is -2.37. The Morgan fingerprint density at radius 1 is 1.14 bits per heavy atom. The summed E-state index contributed by atoms with van der Waals surface area (Å²) in [5.41, 5.74) is 9.26. The number of benzene rings is 2. The molecule has 194 valence electrons. The summed E-state index contributed by atoms with van der Waals surface area (Å²) in [5.74, 6) is 0.819. The van der Waals surface area contributed by atoms with Crippen LogP contribution in [0.4, 0.5) is 16.2 Å². The van der Waals surface area contributed by atoms with Gasteiger partial charge in [-0.05, 0) is 55.3 Å². The van der Waals surface area contributed by atoms with Gasteiger partial charge in [0.15, 0.2) is 5.78 Å². The Hall–Kier alpha value is -3.66. The Morgan fingerprint density at radius 2 is 1.86 bits per heavy atom. The molecule has 2 amide bonds. The number of hydrogen-bond acceptors (Lipinski definition) is 7. The van der Waals surface area contributed by atoms with Crippen LogP contribution in [0.15, 0.2) is 54.7 Å². The zero-order valence-corrected chi connectivity index (χ0v) is 21.5. The predicted molar refractivity (Wildman–Crippen MR) is 144 cm³/mol. The van der Waals surface area contributed by atoms with Crippen molar-refractivity contribution in [2.45, 2.75) is 26.4 Å². The number of anilines is 2. The summed E-state index contributed by atoms with van der Waals surface area (Å²) in [6, 6.07) is 13.3. The first kappa shape index (κ1) is 26.4. The van der Waals surface area contributed by atoms with Crippen molar-refractivity contribution in [2.24, 2.45) is 5.73 Å². The molecule has 4 rings (SSSR count). The number of aryl methyl sites for hydroxylation is 1. The van der Waals surface area contributed by atoms with E-state index in [4.69, 9.17) is 26.8 Å². The van der Waals surface area contributed by atoms with E-state index in [1.54, 1.807) is 31.2 Å². The quantitative estimate of drug-likeness (QED) is 0.371. The Labute approximate surface area is 220 Å². The van der Waals surface area contributed by atoms with Gasteiger partial charge in [-0.3, -0.25) is 9.78 Å². The molecule has 0 radical (unpaired) electrons. The number of hydrogen-bond donors (Lipinski definition) is 3. The molecule has 2 heterocycles. The van der Waals surface area contributed by atoms with Crippen molar-refractivity contribution < 1.29 is 19.1 Å². The number of urea groups is 1. The summed E-state index contributed by atoms with van der Waals surface area (Å²) in [7, 11) is 0. The predicted octanol–water partition coefficient (Wildman–Crippen LogP) is 4.52. The lowest BCUT2D eigenvalue weighted by Gasteiger charge is -2.31. The van der Waals surface area contributed by atoms with Crippen LogP contribution in [0.1, 0.15) is 28.5 Å². The van der Waals surface area contributed by atoms with Crippen molar-refractivity contribution in [3.05, 3.63) is 76.6 Å². The molecule has 1 fully saturated rings. The molecule has 1 aliphatic heterocycles. The maximum Gasteiger partial charge on any atom is 0.319 e. The van der Waals surface area contributed by atoms with Crippen LogP contribution in [0.5, 0.6) is 11.5 Å². The number of pyridine rings is 1. The molecule has 1 aromatic heterocycles. The van der Waals surface area contributed by atoms with Crippen molar-refractivity contribution in [2.75, 3.05) is 36.5 Å². The van der Waals surface area contributed by atoms with Gasteiger partial charge < -0.3 is 30.7 Å². The number of carbonyl (C=O) groups is 2. The number of morpholine rings is 1. The molecule has 0 saturated carbocycles. The van der Waals surface area contributed by atoms with E-state index in [0.717, 1.165) is 29.9 Å². The largest absolute Gasteiger partial charge is 0.457 e. The minimum Gasteiger partial charge on any atom is -0.457 e. The molecule has 1 unspecified atom stereocenters. The van der Waals surface area contributed by atoms with Crippen LogP contribution in [0.25, 0.3) is 0 Å². The van der Waals surface area contributed by atoms with Gasteiger partial charge >= 0.3 is 6.03 Å². The fraction of sp³-hybridized carbons (Fsp3) is 0.296. The van der Waals surface area contributed by atoms with Gasteiger partial charge in [0.1, 0.15) is 17.2 Å². The highest BCUT2D eigenvalue weighted by atomic mass is 35.5. The van der Waals surface area contributed by atoms with Crippen LogP contribution in [0.3, 0.4) is 0 Å². The topological polar surface area (TPSA) is 119 Å². The van der Waals surface area contributed by atoms with Crippen LogP contribution in [-0.4, -0.2) is 49.1 Å². The monoisotopic (exact) mass is 523 g/mol. The van der Waals surface area contributed by atoms with Crippen molar-refractivity contribution in [3.8, 4) is 11.5 Å². The molecule has 10 heteroatoms. The van der Waals surface area contributed by atoms with E-state index in [2.05, 4.69) is 20.5 Å². The SMILES string of the molecule is Cc1cc(NC(=O)NCc2ccc(Oc3ccnc(C(=O)C(C)N)c3)cc2)c(N2CCOCC2)cc1Cl. The highest BCUT2D eigenvalue weighted by Crippen LogP contribution is 2.32. The number of nitrogens with one attached hydrogen (secondary N) is 2. The van der Waals surface area contributed by atoms with Gasteiger partial charge in [0.25, 0.3) is 0 Å². The molecule has 1 saturated heterocycles. The maximum absolute atomic E-state index is 12.7. The summed E-state index contributed by atoms with van der Waals surface area (Å²) < 4.78 is 11.3. The molecule has 0 aliphatic carbocycles. The van der Waals surface area contributed by atoms with Crippen LogP contribution in [0.2, 0.25) is 5.02 Å². The summed E-state index contributed by atoms with van der Waals surface area (Å²) in [6.07, 6.45) is 1.51. The van der Waals surface area contributed by atoms with Crippen LogP contribution in [0, 0.1) is 6.92 Å². The standard InChI is InChI=1S/C27H30ClN5O4/c1-17-13-23(25(15-22(17)28)33-9-11-36-12-10-33)32-27(35)31-16-19-3-5-20(6-4-19)37-21-7-8-30-24(14-21)26(34)18(2)29/h3-8,13-15,18H,9-12,16,29H2,1-2H3,(H2,31,32,35). The first-order chi connectivity index (χ1) is 17.8. The molecule has 3 aromatic rings. The van der Waals surface area contributed by atoms with E-state index in [1.165, 1.54) is 6.20 Å². The number of carbonyl (C=O) groups excluding carboxylic acids is 2. The fourth-order valence-electron chi connectivity index (χ4n) is 3.84. The maximum atomic E-state index is 12.7.